The normalized spacial score (nSPS) is 14.3. The molecule has 0 unspecified atom stereocenters. The number of nitrogens with one attached hydrogen (secondary N) is 1. The topological polar surface area (TPSA) is 102 Å². The number of fused-ring (bicyclic) bond motifs is 1. The number of hydrogen-bond donors (Lipinski definition) is 1. The summed E-state index contributed by atoms with van der Waals surface area (Å²) in [7, 11) is 0. The fraction of sp³-hybridized carbons (Fsp3) is 0.300. The minimum absolute atomic E-state index is 0.196. The van der Waals surface area contributed by atoms with Gasteiger partial charge in [0.25, 0.3) is 5.56 Å². The highest BCUT2D eigenvalue weighted by Gasteiger charge is 2.22. The molecular weight excluding hydrogens is 438 g/mol. The summed E-state index contributed by atoms with van der Waals surface area (Å²) in [4.78, 5) is 33.3. The summed E-state index contributed by atoms with van der Waals surface area (Å²) in [5, 5.41) is 10.0. The summed E-state index contributed by atoms with van der Waals surface area (Å²) >= 11 is 2.99. The number of rotatable bonds is 6. The van der Waals surface area contributed by atoms with E-state index in [-0.39, 0.29) is 24.6 Å². The second-order valence-corrected chi connectivity index (χ2v) is 8.84. The number of thiophene rings is 1. The molecule has 1 fully saturated rings. The Labute approximate surface area is 184 Å². The van der Waals surface area contributed by atoms with Gasteiger partial charge in [-0.3, -0.25) is 9.59 Å². The van der Waals surface area contributed by atoms with Crippen LogP contribution in [0.5, 0.6) is 0 Å². The molecule has 0 atom stereocenters. The van der Waals surface area contributed by atoms with E-state index >= 15 is 0 Å². The predicted molar refractivity (Wildman–Crippen MR) is 119 cm³/mol. The molecule has 0 spiro atoms. The fourth-order valence-corrected chi connectivity index (χ4v) is 5.20. The molecule has 1 amide bonds. The van der Waals surface area contributed by atoms with E-state index in [2.05, 4.69) is 20.3 Å². The number of carbonyl (C=O) groups excluding carboxylic acids is 1. The van der Waals surface area contributed by atoms with Crippen LogP contribution in [0.25, 0.3) is 20.8 Å². The van der Waals surface area contributed by atoms with Crippen molar-refractivity contribution in [3.63, 3.8) is 0 Å². The maximum atomic E-state index is 13.1. The molecule has 1 saturated heterocycles. The molecule has 1 N–H and O–H groups in total. The molecule has 0 aromatic carbocycles. The highest BCUT2D eigenvalue weighted by molar-refractivity contribution is 7.23. The minimum atomic E-state index is -0.376. The summed E-state index contributed by atoms with van der Waals surface area (Å²) in [6.45, 7) is 2.77. The third-order valence-electron chi connectivity index (χ3n) is 4.86. The van der Waals surface area contributed by atoms with Crippen molar-refractivity contribution in [2.24, 2.45) is 0 Å². The third-order valence-corrected chi connectivity index (χ3v) is 6.86. The summed E-state index contributed by atoms with van der Waals surface area (Å²) in [5.41, 5.74) is 0.628. The molecule has 11 heteroatoms. The number of amides is 1. The van der Waals surface area contributed by atoms with Crippen LogP contribution in [0.1, 0.15) is 5.76 Å². The first-order valence-corrected chi connectivity index (χ1v) is 11.5. The third kappa shape index (κ3) is 4.11. The molecule has 4 aromatic heterocycles. The van der Waals surface area contributed by atoms with Crippen molar-refractivity contribution in [1.29, 1.82) is 0 Å². The number of anilines is 1. The van der Waals surface area contributed by atoms with Gasteiger partial charge >= 0.3 is 0 Å². The molecule has 160 valence electrons. The molecule has 4 aromatic rings. The average Bonchev–Trinajstić information content (AvgIpc) is 3.56. The van der Waals surface area contributed by atoms with E-state index in [4.69, 9.17) is 9.15 Å². The van der Waals surface area contributed by atoms with Crippen LogP contribution in [0.3, 0.4) is 0 Å². The maximum absolute atomic E-state index is 13.1. The monoisotopic (exact) mass is 457 g/mol. The number of morpholine rings is 1. The molecule has 1 aliphatic heterocycles. The quantitative estimate of drug-likeness (QED) is 0.474. The second kappa shape index (κ2) is 8.61. The van der Waals surface area contributed by atoms with Crippen LogP contribution in [0.4, 0.5) is 5.13 Å². The summed E-state index contributed by atoms with van der Waals surface area (Å²) in [5.74, 6) is 0.309. The van der Waals surface area contributed by atoms with Gasteiger partial charge in [-0.15, -0.1) is 11.3 Å². The highest BCUT2D eigenvalue weighted by atomic mass is 32.1. The van der Waals surface area contributed by atoms with Crippen molar-refractivity contribution in [2.75, 3.05) is 31.2 Å². The Hall–Kier alpha value is -3.02. The van der Waals surface area contributed by atoms with Crippen molar-refractivity contribution < 1.29 is 13.9 Å². The largest absolute Gasteiger partial charge is 0.467 e. The highest BCUT2D eigenvalue weighted by Crippen LogP contribution is 2.35. The van der Waals surface area contributed by atoms with E-state index in [1.54, 1.807) is 18.4 Å². The number of nitrogens with zero attached hydrogens (tertiary/aromatic N) is 4. The molecule has 5 heterocycles. The van der Waals surface area contributed by atoms with Crippen LogP contribution in [-0.2, 0) is 22.6 Å². The van der Waals surface area contributed by atoms with E-state index in [0.717, 1.165) is 27.8 Å². The van der Waals surface area contributed by atoms with Gasteiger partial charge in [0.05, 0.1) is 35.6 Å². The first kappa shape index (κ1) is 19.9. The lowest BCUT2D eigenvalue weighted by atomic mass is 10.3. The lowest BCUT2D eigenvalue weighted by Gasteiger charge is -2.25. The van der Waals surface area contributed by atoms with Gasteiger partial charge in [-0.05, 0) is 23.6 Å². The second-order valence-electron chi connectivity index (χ2n) is 6.92. The maximum Gasteiger partial charge on any atom is 0.294 e. The minimum Gasteiger partial charge on any atom is -0.467 e. The van der Waals surface area contributed by atoms with Gasteiger partial charge in [0.2, 0.25) is 5.91 Å². The average molecular weight is 458 g/mol. The zero-order chi connectivity index (χ0) is 21.2. The van der Waals surface area contributed by atoms with E-state index < -0.39 is 0 Å². The Bertz CT molecular complexity index is 1240. The molecule has 0 saturated carbocycles. The zero-order valence-corrected chi connectivity index (χ0v) is 18.1. The molecule has 31 heavy (non-hydrogen) atoms. The van der Waals surface area contributed by atoms with E-state index in [1.807, 2.05) is 17.5 Å². The molecule has 0 aliphatic carbocycles. The van der Waals surface area contributed by atoms with Gasteiger partial charge in [-0.1, -0.05) is 17.4 Å². The van der Waals surface area contributed by atoms with Crippen LogP contribution in [0, 0.1) is 0 Å². The molecule has 1 aliphatic rings. The van der Waals surface area contributed by atoms with E-state index in [0.29, 0.717) is 30.2 Å². The Morgan fingerprint density at radius 3 is 2.84 bits per heavy atom. The van der Waals surface area contributed by atoms with Gasteiger partial charge in [-0.25, -0.2) is 9.67 Å². The summed E-state index contributed by atoms with van der Waals surface area (Å²) in [6, 6.07) is 7.41. The van der Waals surface area contributed by atoms with Crippen LogP contribution in [0.2, 0.25) is 0 Å². The number of carbonyl (C=O) groups is 1. The summed E-state index contributed by atoms with van der Waals surface area (Å²) in [6.07, 6.45) is 1.54. The van der Waals surface area contributed by atoms with Crippen LogP contribution in [-0.4, -0.2) is 47.0 Å². The molecular formula is C20H19N5O4S2. The van der Waals surface area contributed by atoms with Gasteiger partial charge in [0, 0.05) is 13.1 Å². The fourth-order valence-electron chi connectivity index (χ4n) is 3.31. The van der Waals surface area contributed by atoms with Crippen molar-refractivity contribution >= 4 is 43.9 Å². The predicted octanol–water partition coefficient (Wildman–Crippen LogP) is 2.33. The molecule has 0 radical (unpaired) electrons. The molecule has 9 nitrogen and oxygen atoms in total. The van der Waals surface area contributed by atoms with Gasteiger partial charge in [0.15, 0.2) is 10.6 Å². The Balaban J connectivity index is 1.50. The first-order valence-electron chi connectivity index (χ1n) is 9.76. The number of aromatic nitrogens is 3. The first-order chi connectivity index (χ1) is 15.2. The lowest BCUT2D eigenvalue weighted by Crippen LogP contribution is -2.36. The summed E-state index contributed by atoms with van der Waals surface area (Å²) < 4.78 is 12.6. The van der Waals surface area contributed by atoms with Crippen molar-refractivity contribution in [2.45, 2.75) is 13.1 Å². The standard InChI is InChI=1S/C20H19N5O4S2/c26-15(21-11-13-3-1-7-29-13)12-25-19(27)17-18(16(23-25)14-4-2-10-30-14)31-20(22-17)24-5-8-28-9-6-24/h1-4,7,10H,5-6,8-9,11-12H2,(H,21,26). The van der Waals surface area contributed by atoms with E-state index in [9.17, 15) is 9.59 Å². The Kier molecular flexibility index (Phi) is 5.53. The smallest absolute Gasteiger partial charge is 0.294 e. The van der Waals surface area contributed by atoms with Crippen molar-refractivity contribution in [3.8, 4) is 10.6 Å². The molecule has 0 bridgehead atoms. The van der Waals surface area contributed by atoms with Gasteiger partial charge < -0.3 is 19.4 Å². The van der Waals surface area contributed by atoms with Crippen LogP contribution < -0.4 is 15.8 Å². The zero-order valence-electron chi connectivity index (χ0n) is 16.4. The Morgan fingerprint density at radius 1 is 1.23 bits per heavy atom. The van der Waals surface area contributed by atoms with Crippen molar-refractivity contribution in [1.82, 2.24) is 20.1 Å². The van der Waals surface area contributed by atoms with Crippen LogP contribution >= 0.6 is 22.7 Å². The van der Waals surface area contributed by atoms with Crippen molar-refractivity contribution in [3.05, 3.63) is 52.0 Å². The lowest BCUT2D eigenvalue weighted by molar-refractivity contribution is -0.122. The number of ether oxygens (including phenoxy) is 1. The number of furan rings is 1. The Morgan fingerprint density at radius 2 is 2.10 bits per heavy atom. The number of hydrogen-bond acceptors (Lipinski definition) is 9. The molecule has 5 rings (SSSR count). The van der Waals surface area contributed by atoms with Gasteiger partial charge in [0.1, 0.15) is 18.0 Å². The SMILES string of the molecule is O=C(Cn1nc(-c2cccs2)c2sc(N3CCOCC3)nc2c1=O)NCc1ccco1. The van der Waals surface area contributed by atoms with Crippen LogP contribution in [0.15, 0.2) is 45.1 Å². The van der Waals surface area contributed by atoms with E-state index in [1.165, 1.54) is 27.4 Å². The number of thiazole rings is 1. The van der Waals surface area contributed by atoms with Gasteiger partial charge in [-0.2, -0.15) is 5.10 Å².